The highest BCUT2D eigenvalue weighted by Crippen LogP contribution is 2.11. The van der Waals surface area contributed by atoms with Gasteiger partial charge in [-0.05, 0) is 12.8 Å². The summed E-state index contributed by atoms with van der Waals surface area (Å²) in [5.74, 6) is 3.57. The van der Waals surface area contributed by atoms with Crippen LogP contribution in [0.2, 0.25) is 0 Å². The van der Waals surface area contributed by atoms with Gasteiger partial charge in [-0.1, -0.05) is 5.92 Å². The van der Waals surface area contributed by atoms with E-state index < -0.39 is 15.8 Å². The van der Waals surface area contributed by atoms with Gasteiger partial charge in [-0.15, -0.1) is 0 Å². The molecule has 0 saturated carbocycles. The van der Waals surface area contributed by atoms with Crippen molar-refractivity contribution in [3.63, 3.8) is 0 Å². The Bertz CT molecular complexity index is 390. The minimum absolute atomic E-state index is 0.0909. The van der Waals surface area contributed by atoms with E-state index in [1.807, 2.05) is 5.92 Å². The van der Waals surface area contributed by atoms with E-state index in [0.29, 0.717) is 6.42 Å². The summed E-state index contributed by atoms with van der Waals surface area (Å²) in [7, 11) is -2.91. The topological polar surface area (TPSA) is 83.5 Å². The molecule has 1 atom stereocenters. The summed E-state index contributed by atoms with van der Waals surface area (Å²) in [6.07, 6.45) is 1.46. The van der Waals surface area contributed by atoms with Gasteiger partial charge in [0.25, 0.3) is 0 Å². The molecular formula is C9H13NO4S. The molecule has 0 bridgehead atoms. The molecule has 1 aliphatic heterocycles. The van der Waals surface area contributed by atoms with Crippen LogP contribution in [-0.4, -0.2) is 43.6 Å². The standard InChI is InChI=1S/C9H13NO4S/c11-9(12)4-1-5-10-8-3-2-6-15(13,14)7-8/h8,10H,2-3,5-7H2,(H,11,12). The number of sulfone groups is 1. The van der Waals surface area contributed by atoms with Crippen molar-refractivity contribution in [1.29, 1.82) is 0 Å². The maximum Gasteiger partial charge on any atom is 0.381 e. The van der Waals surface area contributed by atoms with E-state index >= 15 is 0 Å². The second-order valence-corrected chi connectivity index (χ2v) is 5.67. The summed E-state index contributed by atoms with van der Waals surface area (Å²) in [6, 6.07) is -0.0909. The minimum atomic E-state index is -2.91. The summed E-state index contributed by atoms with van der Waals surface area (Å²) in [5.41, 5.74) is 0. The molecule has 0 aliphatic carbocycles. The molecule has 1 saturated heterocycles. The SMILES string of the molecule is O=C(O)C#CCNC1CCCS(=O)(=O)C1. The fraction of sp³-hybridized carbons (Fsp3) is 0.667. The van der Waals surface area contributed by atoms with Gasteiger partial charge < -0.3 is 10.4 Å². The Morgan fingerprint density at radius 2 is 2.27 bits per heavy atom. The Morgan fingerprint density at radius 1 is 1.53 bits per heavy atom. The molecule has 1 rings (SSSR count). The fourth-order valence-corrected chi connectivity index (χ4v) is 3.17. The van der Waals surface area contributed by atoms with Gasteiger partial charge in [-0.3, -0.25) is 0 Å². The van der Waals surface area contributed by atoms with Gasteiger partial charge in [0.1, 0.15) is 0 Å². The Morgan fingerprint density at radius 3 is 2.87 bits per heavy atom. The lowest BCUT2D eigenvalue weighted by Crippen LogP contribution is -2.40. The monoisotopic (exact) mass is 231 g/mol. The van der Waals surface area contributed by atoms with E-state index in [0.717, 1.165) is 6.42 Å². The van der Waals surface area contributed by atoms with E-state index in [4.69, 9.17) is 5.11 Å². The van der Waals surface area contributed by atoms with Gasteiger partial charge in [-0.25, -0.2) is 13.2 Å². The highest BCUT2D eigenvalue weighted by molar-refractivity contribution is 7.91. The second-order valence-electron chi connectivity index (χ2n) is 3.44. The molecule has 5 nitrogen and oxygen atoms in total. The zero-order valence-corrected chi connectivity index (χ0v) is 9.01. The Kier molecular flexibility index (Phi) is 4.12. The first-order valence-electron chi connectivity index (χ1n) is 4.65. The van der Waals surface area contributed by atoms with E-state index in [1.54, 1.807) is 0 Å². The van der Waals surface area contributed by atoms with E-state index in [2.05, 4.69) is 11.2 Å². The predicted octanol–water partition coefficient (Wildman–Crippen LogP) is -0.759. The first-order chi connectivity index (χ1) is 6.99. The van der Waals surface area contributed by atoms with Crippen LogP contribution in [0.3, 0.4) is 0 Å². The predicted molar refractivity (Wildman–Crippen MR) is 55.1 cm³/mol. The quantitative estimate of drug-likeness (QED) is 0.610. The normalized spacial score (nSPS) is 23.9. The van der Waals surface area contributed by atoms with Crippen molar-refractivity contribution in [3.8, 4) is 11.8 Å². The van der Waals surface area contributed by atoms with Crippen LogP contribution >= 0.6 is 0 Å². The van der Waals surface area contributed by atoms with Crippen LogP contribution in [0.5, 0.6) is 0 Å². The van der Waals surface area contributed by atoms with Gasteiger partial charge in [-0.2, -0.15) is 0 Å². The van der Waals surface area contributed by atoms with E-state index in [9.17, 15) is 13.2 Å². The molecule has 0 radical (unpaired) electrons. The van der Waals surface area contributed by atoms with Gasteiger partial charge in [0.15, 0.2) is 9.84 Å². The van der Waals surface area contributed by atoms with Crippen LogP contribution in [-0.2, 0) is 14.6 Å². The van der Waals surface area contributed by atoms with Gasteiger partial charge in [0.05, 0.1) is 18.1 Å². The zero-order chi connectivity index (χ0) is 11.3. The third-order valence-electron chi connectivity index (χ3n) is 2.14. The molecule has 0 aromatic carbocycles. The number of carboxylic acids is 1. The Balaban J connectivity index is 2.35. The number of aliphatic carboxylic acids is 1. The first-order valence-corrected chi connectivity index (χ1v) is 6.47. The van der Waals surface area contributed by atoms with Crippen LogP contribution in [0.25, 0.3) is 0 Å². The van der Waals surface area contributed by atoms with Crippen LogP contribution in [0.1, 0.15) is 12.8 Å². The van der Waals surface area contributed by atoms with Crippen LogP contribution in [0.4, 0.5) is 0 Å². The van der Waals surface area contributed by atoms with Crippen molar-refractivity contribution in [2.75, 3.05) is 18.1 Å². The molecule has 84 valence electrons. The van der Waals surface area contributed by atoms with E-state index in [-0.39, 0.29) is 24.1 Å². The highest BCUT2D eigenvalue weighted by atomic mass is 32.2. The molecule has 1 heterocycles. The molecule has 0 spiro atoms. The van der Waals surface area contributed by atoms with Crippen molar-refractivity contribution in [2.24, 2.45) is 0 Å². The van der Waals surface area contributed by atoms with Gasteiger partial charge in [0.2, 0.25) is 0 Å². The molecule has 15 heavy (non-hydrogen) atoms. The van der Waals surface area contributed by atoms with Crippen LogP contribution in [0, 0.1) is 11.8 Å². The summed E-state index contributed by atoms with van der Waals surface area (Å²) >= 11 is 0. The van der Waals surface area contributed by atoms with Crippen molar-refractivity contribution < 1.29 is 18.3 Å². The molecule has 0 aromatic heterocycles. The third-order valence-corrected chi connectivity index (χ3v) is 3.96. The van der Waals surface area contributed by atoms with Crippen molar-refractivity contribution in [1.82, 2.24) is 5.32 Å². The van der Waals surface area contributed by atoms with E-state index in [1.165, 1.54) is 0 Å². The lowest BCUT2D eigenvalue weighted by molar-refractivity contribution is -0.130. The van der Waals surface area contributed by atoms with Crippen molar-refractivity contribution in [2.45, 2.75) is 18.9 Å². The molecule has 1 fully saturated rings. The average Bonchev–Trinajstić information content (AvgIpc) is 2.10. The Labute approximate surface area is 88.8 Å². The smallest absolute Gasteiger partial charge is 0.381 e. The number of carbonyl (C=O) groups is 1. The maximum atomic E-state index is 11.2. The van der Waals surface area contributed by atoms with Crippen molar-refractivity contribution in [3.05, 3.63) is 0 Å². The number of hydrogen-bond donors (Lipinski definition) is 2. The molecule has 2 N–H and O–H groups in total. The average molecular weight is 231 g/mol. The molecule has 0 aromatic rings. The molecule has 6 heteroatoms. The summed E-state index contributed by atoms with van der Waals surface area (Å²) < 4.78 is 22.5. The summed E-state index contributed by atoms with van der Waals surface area (Å²) in [4.78, 5) is 10.1. The molecule has 1 unspecified atom stereocenters. The summed E-state index contributed by atoms with van der Waals surface area (Å²) in [5, 5.41) is 11.2. The van der Waals surface area contributed by atoms with Gasteiger partial charge >= 0.3 is 5.97 Å². The number of hydrogen-bond acceptors (Lipinski definition) is 4. The zero-order valence-electron chi connectivity index (χ0n) is 8.19. The lowest BCUT2D eigenvalue weighted by Gasteiger charge is -2.21. The van der Waals surface area contributed by atoms with Gasteiger partial charge in [0, 0.05) is 12.0 Å². The van der Waals surface area contributed by atoms with Crippen LogP contribution < -0.4 is 5.32 Å². The highest BCUT2D eigenvalue weighted by Gasteiger charge is 2.23. The number of carboxylic acid groups (broad SMARTS) is 1. The molecule has 1 aliphatic rings. The van der Waals surface area contributed by atoms with Crippen molar-refractivity contribution >= 4 is 15.8 Å². The molecule has 0 amide bonds. The minimum Gasteiger partial charge on any atom is -0.472 e. The van der Waals surface area contributed by atoms with Crippen LogP contribution in [0.15, 0.2) is 0 Å². The fourth-order valence-electron chi connectivity index (χ4n) is 1.50. The largest absolute Gasteiger partial charge is 0.472 e. The Hall–Kier alpha value is -1.06. The third kappa shape index (κ3) is 4.81. The lowest BCUT2D eigenvalue weighted by atomic mass is 10.2. The summed E-state index contributed by atoms with van der Waals surface area (Å²) in [6.45, 7) is 0.215. The maximum absolute atomic E-state index is 11.2. The molecular weight excluding hydrogens is 218 g/mol. The number of nitrogens with one attached hydrogen (secondary N) is 1. The number of rotatable bonds is 2. The first kappa shape index (κ1) is 12.0. The second kappa shape index (κ2) is 5.14.